The first-order valence-corrected chi connectivity index (χ1v) is 4.68. The third-order valence-electron chi connectivity index (χ3n) is 2.12. The van der Waals surface area contributed by atoms with Crippen LogP contribution in [-0.4, -0.2) is 15.0 Å². The summed E-state index contributed by atoms with van der Waals surface area (Å²) in [5, 5.41) is 8.84. The lowest BCUT2D eigenvalue weighted by molar-refractivity contribution is 1.08. The van der Waals surface area contributed by atoms with E-state index >= 15 is 0 Å². The zero-order chi connectivity index (χ0) is 11.5. The van der Waals surface area contributed by atoms with Crippen LogP contribution in [0.1, 0.15) is 11.3 Å². The molecule has 0 spiro atoms. The highest BCUT2D eigenvalue weighted by Crippen LogP contribution is 2.17. The van der Waals surface area contributed by atoms with E-state index in [2.05, 4.69) is 15.0 Å². The van der Waals surface area contributed by atoms with Crippen molar-refractivity contribution in [1.29, 1.82) is 5.26 Å². The highest BCUT2D eigenvalue weighted by atomic mass is 15.0. The Hall–Kier alpha value is -2.48. The first kappa shape index (κ1) is 10.1. The van der Waals surface area contributed by atoms with E-state index in [9.17, 15) is 0 Å². The van der Waals surface area contributed by atoms with E-state index in [1.165, 1.54) is 0 Å². The quantitative estimate of drug-likeness (QED) is 0.768. The molecule has 5 heteroatoms. The van der Waals surface area contributed by atoms with Crippen molar-refractivity contribution in [2.75, 3.05) is 5.73 Å². The lowest BCUT2D eigenvalue weighted by atomic mass is 10.2. The summed E-state index contributed by atoms with van der Waals surface area (Å²) in [4.78, 5) is 12.4. The summed E-state index contributed by atoms with van der Waals surface area (Å²) in [6.45, 7) is 1.73. The molecule has 2 aromatic rings. The number of nitrogens with zero attached hydrogens (tertiary/aromatic N) is 4. The van der Waals surface area contributed by atoms with Gasteiger partial charge in [0.15, 0.2) is 5.82 Å². The molecule has 0 aliphatic rings. The lowest BCUT2D eigenvalue weighted by Crippen LogP contribution is -2.03. The summed E-state index contributed by atoms with van der Waals surface area (Å²) < 4.78 is 0. The maximum Gasteiger partial charge on any atom is 0.180 e. The molecule has 0 aliphatic carbocycles. The first-order chi connectivity index (χ1) is 7.72. The number of nitriles is 1. The zero-order valence-electron chi connectivity index (χ0n) is 8.68. The Morgan fingerprint density at radius 3 is 2.69 bits per heavy atom. The fraction of sp³-hybridized carbons (Fsp3) is 0.0909. The van der Waals surface area contributed by atoms with Gasteiger partial charge in [-0.25, -0.2) is 9.97 Å². The molecule has 0 saturated heterocycles. The number of hydrogen-bond donors (Lipinski definition) is 1. The van der Waals surface area contributed by atoms with Gasteiger partial charge >= 0.3 is 0 Å². The second-order valence-corrected chi connectivity index (χ2v) is 3.22. The summed E-state index contributed by atoms with van der Waals surface area (Å²) in [7, 11) is 0. The van der Waals surface area contributed by atoms with Gasteiger partial charge in [0, 0.05) is 6.20 Å². The Balaban J connectivity index is 2.58. The monoisotopic (exact) mass is 211 g/mol. The molecular weight excluding hydrogens is 202 g/mol. The Morgan fingerprint density at radius 1 is 1.31 bits per heavy atom. The van der Waals surface area contributed by atoms with Gasteiger partial charge in [0.1, 0.15) is 23.1 Å². The lowest BCUT2D eigenvalue weighted by Gasteiger charge is -2.04. The van der Waals surface area contributed by atoms with Gasteiger partial charge in [-0.05, 0) is 19.1 Å². The van der Waals surface area contributed by atoms with Crippen molar-refractivity contribution < 1.29 is 0 Å². The van der Waals surface area contributed by atoms with Gasteiger partial charge < -0.3 is 5.73 Å². The molecule has 0 aromatic carbocycles. The molecule has 0 amide bonds. The fourth-order valence-electron chi connectivity index (χ4n) is 1.34. The molecule has 0 atom stereocenters. The van der Waals surface area contributed by atoms with Crippen LogP contribution in [0.5, 0.6) is 0 Å². The summed E-state index contributed by atoms with van der Waals surface area (Å²) >= 11 is 0. The van der Waals surface area contributed by atoms with Crippen LogP contribution in [-0.2, 0) is 0 Å². The second-order valence-electron chi connectivity index (χ2n) is 3.22. The van der Waals surface area contributed by atoms with Crippen LogP contribution >= 0.6 is 0 Å². The van der Waals surface area contributed by atoms with Crippen molar-refractivity contribution in [3.8, 4) is 17.6 Å². The minimum Gasteiger partial charge on any atom is -0.382 e. The summed E-state index contributed by atoms with van der Waals surface area (Å²) in [6, 6.07) is 7.42. The molecule has 2 N–H and O–H groups in total. The van der Waals surface area contributed by atoms with E-state index in [0.717, 1.165) is 0 Å². The van der Waals surface area contributed by atoms with Crippen LogP contribution in [0.3, 0.4) is 0 Å². The third kappa shape index (κ3) is 1.68. The van der Waals surface area contributed by atoms with Gasteiger partial charge in [0.05, 0.1) is 5.69 Å². The van der Waals surface area contributed by atoms with E-state index in [1.807, 2.05) is 18.2 Å². The van der Waals surface area contributed by atoms with Gasteiger partial charge in [-0.3, -0.25) is 4.98 Å². The second kappa shape index (κ2) is 3.95. The van der Waals surface area contributed by atoms with Gasteiger partial charge in [0.2, 0.25) is 0 Å². The van der Waals surface area contributed by atoms with Crippen LogP contribution in [0, 0.1) is 18.3 Å². The SMILES string of the molecule is Cc1nc(-c2ccccn2)nc(N)c1C#N. The molecule has 0 unspecified atom stereocenters. The number of pyridine rings is 1. The predicted molar refractivity (Wildman–Crippen MR) is 59.1 cm³/mol. The Kier molecular flexibility index (Phi) is 2.48. The van der Waals surface area contributed by atoms with E-state index in [0.29, 0.717) is 22.8 Å². The average Bonchev–Trinajstić information content (AvgIpc) is 2.30. The highest BCUT2D eigenvalue weighted by molar-refractivity contribution is 5.58. The van der Waals surface area contributed by atoms with E-state index in [-0.39, 0.29) is 5.82 Å². The summed E-state index contributed by atoms with van der Waals surface area (Å²) in [5.74, 6) is 0.630. The average molecular weight is 211 g/mol. The molecule has 2 aromatic heterocycles. The van der Waals surface area contributed by atoms with Crippen LogP contribution in [0.4, 0.5) is 5.82 Å². The standard InChI is InChI=1S/C11H9N5/c1-7-8(6-12)10(13)16-11(15-7)9-4-2-3-5-14-9/h2-5H,1H3,(H2,13,15,16). The third-order valence-corrected chi connectivity index (χ3v) is 2.12. The zero-order valence-corrected chi connectivity index (χ0v) is 8.68. The fourth-order valence-corrected chi connectivity index (χ4v) is 1.34. The Morgan fingerprint density at radius 2 is 2.12 bits per heavy atom. The highest BCUT2D eigenvalue weighted by Gasteiger charge is 2.10. The van der Waals surface area contributed by atoms with Crippen molar-refractivity contribution in [2.24, 2.45) is 0 Å². The molecule has 2 rings (SSSR count). The van der Waals surface area contributed by atoms with Crippen molar-refractivity contribution in [3.63, 3.8) is 0 Å². The topological polar surface area (TPSA) is 88.5 Å². The smallest absolute Gasteiger partial charge is 0.180 e. The molecule has 0 fully saturated rings. The maximum atomic E-state index is 8.84. The van der Waals surface area contributed by atoms with Crippen molar-refractivity contribution in [2.45, 2.75) is 6.92 Å². The number of nitrogen functional groups attached to an aromatic ring is 1. The summed E-state index contributed by atoms with van der Waals surface area (Å²) in [5.41, 5.74) is 7.19. The van der Waals surface area contributed by atoms with Crippen LogP contribution in [0.25, 0.3) is 11.5 Å². The van der Waals surface area contributed by atoms with Crippen LogP contribution < -0.4 is 5.73 Å². The molecule has 0 aliphatic heterocycles. The first-order valence-electron chi connectivity index (χ1n) is 4.68. The van der Waals surface area contributed by atoms with Crippen LogP contribution in [0.2, 0.25) is 0 Å². The number of aromatic nitrogens is 3. The van der Waals surface area contributed by atoms with Crippen molar-refractivity contribution in [3.05, 3.63) is 35.7 Å². The Bertz CT molecular complexity index is 533. The summed E-state index contributed by atoms with van der Waals surface area (Å²) in [6.07, 6.45) is 1.66. The molecule has 2 heterocycles. The number of rotatable bonds is 1. The van der Waals surface area contributed by atoms with E-state index < -0.39 is 0 Å². The minimum atomic E-state index is 0.190. The number of nitrogens with two attached hydrogens (primary N) is 1. The number of aryl methyl sites for hydroxylation is 1. The van der Waals surface area contributed by atoms with Gasteiger partial charge in [0.25, 0.3) is 0 Å². The normalized spacial score (nSPS) is 9.75. The number of anilines is 1. The predicted octanol–water partition coefficient (Wildman–Crippen LogP) is 1.30. The van der Waals surface area contributed by atoms with Gasteiger partial charge in [-0.1, -0.05) is 6.07 Å². The molecule has 78 valence electrons. The molecular formula is C11H9N5. The number of hydrogen-bond acceptors (Lipinski definition) is 5. The van der Waals surface area contributed by atoms with E-state index in [4.69, 9.17) is 11.0 Å². The largest absolute Gasteiger partial charge is 0.382 e. The van der Waals surface area contributed by atoms with Crippen molar-refractivity contribution >= 4 is 5.82 Å². The molecule has 0 bridgehead atoms. The van der Waals surface area contributed by atoms with Crippen LogP contribution in [0.15, 0.2) is 24.4 Å². The molecule has 0 saturated carbocycles. The van der Waals surface area contributed by atoms with Gasteiger partial charge in [-0.2, -0.15) is 5.26 Å². The maximum absolute atomic E-state index is 8.84. The molecule has 16 heavy (non-hydrogen) atoms. The van der Waals surface area contributed by atoms with Gasteiger partial charge in [-0.15, -0.1) is 0 Å². The van der Waals surface area contributed by atoms with Crippen molar-refractivity contribution in [1.82, 2.24) is 15.0 Å². The molecule has 5 nitrogen and oxygen atoms in total. The Labute approximate surface area is 92.6 Å². The van der Waals surface area contributed by atoms with E-state index in [1.54, 1.807) is 19.2 Å². The molecule has 0 radical (unpaired) electrons. The minimum absolute atomic E-state index is 0.190.